The lowest BCUT2D eigenvalue weighted by molar-refractivity contribution is 0.405. The molecular weight excluding hydrogens is 254 g/mol. The van der Waals surface area contributed by atoms with Gasteiger partial charge in [0.25, 0.3) is 0 Å². The molecule has 0 spiro atoms. The third kappa shape index (κ3) is 3.80. The van der Waals surface area contributed by atoms with Gasteiger partial charge in [-0.05, 0) is 46.9 Å². The number of aryl methyl sites for hydroxylation is 1. The van der Waals surface area contributed by atoms with Crippen molar-refractivity contribution in [3.63, 3.8) is 0 Å². The molecule has 0 radical (unpaired) electrons. The van der Waals surface area contributed by atoms with Gasteiger partial charge in [0.15, 0.2) is 0 Å². The molecule has 0 aliphatic rings. The smallest absolute Gasteiger partial charge is 0.126 e. The second kappa shape index (κ2) is 4.94. The summed E-state index contributed by atoms with van der Waals surface area (Å²) >= 11 is 3.42. The average Bonchev–Trinajstić information content (AvgIpc) is 2.20. The van der Waals surface area contributed by atoms with Crippen LogP contribution in [-0.2, 0) is 0 Å². The van der Waals surface area contributed by atoms with Crippen LogP contribution in [0.4, 0.5) is 5.82 Å². The Kier molecular flexibility index (Phi) is 4.11. The Bertz CT molecular complexity index is 337. The zero-order valence-corrected chi connectivity index (χ0v) is 11.1. The summed E-state index contributed by atoms with van der Waals surface area (Å²) in [6, 6.07) is 3.96. The van der Waals surface area contributed by atoms with Crippen LogP contribution in [0.15, 0.2) is 16.6 Å². The zero-order valence-electron chi connectivity index (χ0n) is 9.47. The van der Waals surface area contributed by atoms with E-state index < -0.39 is 0 Å². The molecule has 3 nitrogen and oxygen atoms in total. The van der Waals surface area contributed by atoms with E-state index >= 15 is 0 Å². The van der Waals surface area contributed by atoms with Crippen LogP contribution in [0.25, 0.3) is 0 Å². The highest BCUT2D eigenvalue weighted by Crippen LogP contribution is 2.18. The first-order valence-electron chi connectivity index (χ1n) is 5.02. The van der Waals surface area contributed by atoms with Crippen LogP contribution in [0.2, 0.25) is 0 Å². The summed E-state index contributed by atoms with van der Waals surface area (Å²) in [6.45, 7) is 7.73. The third-order valence-electron chi connectivity index (χ3n) is 2.32. The Morgan fingerprint density at radius 2 is 2.13 bits per heavy atom. The highest BCUT2D eigenvalue weighted by Gasteiger charge is 2.15. The Hall–Kier alpha value is -0.610. The number of hydrogen-bond donors (Lipinski definition) is 2. The lowest BCUT2D eigenvalue weighted by Gasteiger charge is -2.23. The zero-order chi connectivity index (χ0) is 11.5. The maximum absolute atomic E-state index is 5.66. The number of hydrogen-bond acceptors (Lipinski definition) is 3. The molecule has 1 rings (SSSR count). The van der Waals surface area contributed by atoms with Gasteiger partial charge in [0.05, 0.1) is 5.69 Å². The van der Waals surface area contributed by atoms with Crippen molar-refractivity contribution in [2.75, 3.05) is 18.4 Å². The summed E-state index contributed by atoms with van der Waals surface area (Å²) in [4.78, 5) is 4.41. The molecule has 0 amide bonds. The number of halogens is 1. The van der Waals surface area contributed by atoms with E-state index in [0.717, 1.165) is 22.5 Å². The summed E-state index contributed by atoms with van der Waals surface area (Å²) in [6.07, 6.45) is 0. The molecule has 0 saturated carbocycles. The lowest BCUT2D eigenvalue weighted by Crippen LogP contribution is -2.31. The van der Waals surface area contributed by atoms with Gasteiger partial charge in [0.2, 0.25) is 0 Å². The van der Waals surface area contributed by atoms with Crippen LogP contribution < -0.4 is 11.1 Å². The number of pyridine rings is 1. The van der Waals surface area contributed by atoms with Crippen molar-refractivity contribution >= 4 is 21.7 Å². The van der Waals surface area contributed by atoms with Gasteiger partial charge in [-0.1, -0.05) is 13.8 Å². The number of rotatable bonds is 4. The van der Waals surface area contributed by atoms with Crippen molar-refractivity contribution in [1.82, 2.24) is 4.98 Å². The van der Waals surface area contributed by atoms with E-state index in [-0.39, 0.29) is 5.41 Å². The molecule has 15 heavy (non-hydrogen) atoms. The maximum atomic E-state index is 5.66. The lowest BCUT2D eigenvalue weighted by atomic mass is 9.94. The van der Waals surface area contributed by atoms with E-state index in [9.17, 15) is 0 Å². The number of nitrogens with one attached hydrogen (secondary N) is 1. The van der Waals surface area contributed by atoms with Crippen molar-refractivity contribution in [3.8, 4) is 0 Å². The van der Waals surface area contributed by atoms with Crippen molar-refractivity contribution in [3.05, 3.63) is 22.3 Å². The number of nitrogens with two attached hydrogens (primary N) is 1. The average molecular weight is 272 g/mol. The van der Waals surface area contributed by atoms with E-state index in [1.165, 1.54) is 0 Å². The van der Waals surface area contributed by atoms with Gasteiger partial charge in [-0.15, -0.1) is 0 Å². The number of nitrogens with zero attached hydrogens (tertiary/aromatic N) is 1. The Balaban J connectivity index is 2.62. The monoisotopic (exact) mass is 271 g/mol. The van der Waals surface area contributed by atoms with Crippen molar-refractivity contribution in [2.45, 2.75) is 20.8 Å². The second-order valence-electron chi connectivity index (χ2n) is 4.49. The Morgan fingerprint density at radius 1 is 1.47 bits per heavy atom. The van der Waals surface area contributed by atoms with Gasteiger partial charge in [-0.25, -0.2) is 4.98 Å². The largest absolute Gasteiger partial charge is 0.369 e. The topological polar surface area (TPSA) is 50.9 Å². The molecule has 0 unspecified atom stereocenters. The molecule has 1 aromatic heterocycles. The van der Waals surface area contributed by atoms with Crippen LogP contribution in [0.3, 0.4) is 0 Å². The van der Waals surface area contributed by atoms with E-state index in [1.807, 2.05) is 19.1 Å². The Labute approximate surface area is 99.6 Å². The van der Waals surface area contributed by atoms with E-state index in [2.05, 4.69) is 40.1 Å². The second-order valence-corrected chi connectivity index (χ2v) is 5.34. The van der Waals surface area contributed by atoms with Gasteiger partial charge in [0, 0.05) is 11.0 Å². The summed E-state index contributed by atoms with van der Waals surface area (Å²) in [7, 11) is 0. The normalized spacial score (nSPS) is 11.5. The van der Waals surface area contributed by atoms with Gasteiger partial charge in [-0.3, -0.25) is 0 Å². The summed E-state index contributed by atoms with van der Waals surface area (Å²) in [5.41, 5.74) is 6.75. The molecule has 0 bridgehead atoms. The van der Waals surface area contributed by atoms with Gasteiger partial charge >= 0.3 is 0 Å². The van der Waals surface area contributed by atoms with Crippen molar-refractivity contribution in [1.29, 1.82) is 0 Å². The maximum Gasteiger partial charge on any atom is 0.126 e. The molecule has 0 aliphatic heterocycles. The van der Waals surface area contributed by atoms with Crippen LogP contribution in [-0.4, -0.2) is 18.1 Å². The molecule has 0 fully saturated rings. The van der Waals surface area contributed by atoms with E-state index in [1.54, 1.807) is 0 Å². The SMILES string of the molecule is Cc1nc(NCC(C)(C)CN)ccc1Br. The van der Waals surface area contributed by atoms with Gasteiger partial charge in [-0.2, -0.15) is 0 Å². The molecule has 1 aromatic rings. The van der Waals surface area contributed by atoms with Crippen LogP contribution in [0, 0.1) is 12.3 Å². The molecule has 0 atom stereocenters. The number of anilines is 1. The van der Waals surface area contributed by atoms with E-state index in [0.29, 0.717) is 6.54 Å². The van der Waals surface area contributed by atoms with Crippen LogP contribution in [0.1, 0.15) is 19.5 Å². The summed E-state index contributed by atoms with van der Waals surface area (Å²) in [5, 5.41) is 3.29. The van der Waals surface area contributed by atoms with Crippen LogP contribution >= 0.6 is 15.9 Å². The minimum Gasteiger partial charge on any atom is -0.369 e. The van der Waals surface area contributed by atoms with Gasteiger partial charge < -0.3 is 11.1 Å². The molecule has 1 heterocycles. The first-order valence-corrected chi connectivity index (χ1v) is 5.81. The molecule has 84 valence electrons. The summed E-state index contributed by atoms with van der Waals surface area (Å²) in [5.74, 6) is 0.900. The predicted octanol–water partition coefficient (Wildman–Crippen LogP) is 2.55. The van der Waals surface area contributed by atoms with Crippen molar-refractivity contribution in [2.24, 2.45) is 11.1 Å². The predicted molar refractivity (Wildman–Crippen MR) is 68.0 cm³/mol. The first kappa shape index (κ1) is 12.5. The van der Waals surface area contributed by atoms with Gasteiger partial charge in [0.1, 0.15) is 5.82 Å². The summed E-state index contributed by atoms with van der Waals surface area (Å²) < 4.78 is 1.03. The fraction of sp³-hybridized carbons (Fsp3) is 0.545. The molecule has 3 N–H and O–H groups in total. The standard InChI is InChI=1S/C11H18BrN3/c1-8-9(12)4-5-10(15-8)14-7-11(2,3)6-13/h4-5H,6-7,13H2,1-3H3,(H,14,15). The van der Waals surface area contributed by atoms with Crippen LogP contribution in [0.5, 0.6) is 0 Å². The molecule has 4 heteroatoms. The Morgan fingerprint density at radius 3 is 2.67 bits per heavy atom. The fourth-order valence-electron chi connectivity index (χ4n) is 1.04. The highest BCUT2D eigenvalue weighted by atomic mass is 79.9. The molecular formula is C11H18BrN3. The number of aromatic nitrogens is 1. The minimum atomic E-state index is 0.0999. The highest BCUT2D eigenvalue weighted by molar-refractivity contribution is 9.10. The molecule has 0 aliphatic carbocycles. The molecule has 0 aromatic carbocycles. The first-order chi connectivity index (χ1) is 6.94. The molecule has 0 saturated heterocycles. The quantitative estimate of drug-likeness (QED) is 0.885. The van der Waals surface area contributed by atoms with E-state index in [4.69, 9.17) is 5.73 Å². The third-order valence-corrected chi connectivity index (χ3v) is 3.16. The minimum absolute atomic E-state index is 0.0999. The van der Waals surface area contributed by atoms with Crippen molar-refractivity contribution < 1.29 is 0 Å². The fourth-order valence-corrected chi connectivity index (χ4v) is 1.27.